The molecule has 7 N–H and O–H groups in total. The van der Waals surface area contributed by atoms with Crippen LogP contribution in [0, 0.1) is 0 Å². The van der Waals surface area contributed by atoms with Gasteiger partial charge in [0.1, 0.15) is 0 Å². The second-order valence-electron chi connectivity index (χ2n) is 1.64. The van der Waals surface area contributed by atoms with E-state index in [4.69, 9.17) is 5.11 Å². The van der Waals surface area contributed by atoms with Crippen molar-refractivity contribution < 1.29 is 44.1 Å². The molecule has 0 aliphatic rings. The molecule has 0 aromatic heterocycles. The van der Waals surface area contributed by atoms with Gasteiger partial charge in [-0.15, -0.1) is 0 Å². The van der Waals surface area contributed by atoms with Gasteiger partial charge in [-0.3, -0.25) is 4.79 Å². The summed E-state index contributed by atoms with van der Waals surface area (Å²) in [6.45, 7) is 0.919. The number of hydrogen-bond donors (Lipinski definition) is 3. The fraction of sp³-hybridized carbons (Fsp3) is 0.400. The van der Waals surface area contributed by atoms with Gasteiger partial charge in [-0.25, -0.2) is 0 Å². The molecule has 0 rings (SSSR count). The third kappa shape index (κ3) is 11.6. The zero-order valence-electron chi connectivity index (χ0n) is 6.80. The summed E-state index contributed by atoms with van der Waals surface area (Å²) < 4.78 is 34.0. The SMILES string of the molecule is CC(=O)/C=C(\O)C(F)(F)F.N.N.[Pt]. The van der Waals surface area contributed by atoms with E-state index in [1.165, 1.54) is 0 Å². The minimum Gasteiger partial charge on any atom is -0.504 e. The van der Waals surface area contributed by atoms with Crippen molar-refractivity contribution in [1.29, 1.82) is 0 Å². The fourth-order valence-corrected chi connectivity index (χ4v) is 0.274. The van der Waals surface area contributed by atoms with Crippen molar-refractivity contribution in [2.45, 2.75) is 13.1 Å². The van der Waals surface area contributed by atoms with E-state index in [9.17, 15) is 18.0 Å². The predicted molar refractivity (Wildman–Crippen MR) is 37.5 cm³/mol. The normalized spacial score (nSPS) is 10.3. The third-order valence-electron chi connectivity index (χ3n) is 0.630. The van der Waals surface area contributed by atoms with Crippen molar-refractivity contribution in [3.63, 3.8) is 0 Å². The number of allylic oxidation sites excluding steroid dienone is 2. The number of carbonyl (C=O) groups is 1. The Bertz CT molecular complexity index is 181. The molecular weight excluding hydrogens is 372 g/mol. The van der Waals surface area contributed by atoms with E-state index in [1.807, 2.05) is 0 Å². The summed E-state index contributed by atoms with van der Waals surface area (Å²) >= 11 is 0. The van der Waals surface area contributed by atoms with Gasteiger partial charge < -0.3 is 17.4 Å². The van der Waals surface area contributed by atoms with Crippen LogP contribution in [0.3, 0.4) is 0 Å². The van der Waals surface area contributed by atoms with Crippen LogP contribution in [0.2, 0.25) is 0 Å². The number of rotatable bonds is 1. The minimum absolute atomic E-state index is 0. The summed E-state index contributed by atoms with van der Waals surface area (Å²) in [7, 11) is 0. The monoisotopic (exact) mass is 383 g/mol. The van der Waals surface area contributed by atoms with Crippen LogP contribution in [0.15, 0.2) is 11.8 Å². The van der Waals surface area contributed by atoms with Crippen molar-refractivity contribution in [1.82, 2.24) is 12.3 Å². The summed E-state index contributed by atoms with van der Waals surface area (Å²) in [6.07, 6.45) is -4.69. The van der Waals surface area contributed by atoms with Gasteiger partial charge in [0.15, 0.2) is 5.78 Å². The molecule has 0 spiro atoms. The first-order valence-electron chi connectivity index (χ1n) is 2.32. The summed E-state index contributed by atoms with van der Waals surface area (Å²) in [5, 5.41) is 8.07. The fourth-order valence-electron chi connectivity index (χ4n) is 0.274. The Morgan fingerprint density at radius 2 is 1.62 bits per heavy atom. The molecule has 0 saturated heterocycles. The molecule has 0 aromatic carbocycles. The average molecular weight is 383 g/mol. The van der Waals surface area contributed by atoms with Crippen LogP contribution in [0.4, 0.5) is 13.2 Å². The molecule has 84 valence electrons. The first-order valence-corrected chi connectivity index (χ1v) is 2.32. The molecular formula is C5H11F3N2O2Pt. The molecule has 0 aliphatic carbocycles. The summed E-state index contributed by atoms with van der Waals surface area (Å²) in [5.74, 6) is -2.70. The minimum atomic E-state index is -4.81. The number of halogens is 3. The maximum absolute atomic E-state index is 11.3. The third-order valence-corrected chi connectivity index (χ3v) is 0.630. The van der Waals surface area contributed by atoms with E-state index in [0.29, 0.717) is 0 Å². The second-order valence-corrected chi connectivity index (χ2v) is 1.64. The molecule has 13 heavy (non-hydrogen) atoms. The quantitative estimate of drug-likeness (QED) is 0.475. The number of aliphatic hydroxyl groups excluding tert-OH is 1. The average Bonchev–Trinajstić information content (AvgIpc) is 1.60. The van der Waals surface area contributed by atoms with Crippen LogP contribution >= 0.6 is 0 Å². The van der Waals surface area contributed by atoms with Crippen LogP contribution in [-0.2, 0) is 25.9 Å². The molecule has 0 saturated carbocycles. The Morgan fingerprint density at radius 1 is 1.31 bits per heavy atom. The van der Waals surface area contributed by atoms with Crippen molar-refractivity contribution in [3.05, 3.63) is 11.8 Å². The zero-order chi connectivity index (χ0) is 8.36. The van der Waals surface area contributed by atoms with Crippen molar-refractivity contribution in [2.75, 3.05) is 0 Å². The molecule has 0 aliphatic heterocycles. The summed E-state index contributed by atoms with van der Waals surface area (Å²) in [6, 6.07) is 0. The van der Waals surface area contributed by atoms with Crippen LogP contribution in [0.5, 0.6) is 0 Å². The Kier molecular flexibility index (Phi) is 14.5. The van der Waals surface area contributed by atoms with Crippen molar-refractivity contribution in [3.8, 4) is 0 Å². The molecule has 8 heteroatoms. The van der Waals surface area contributed by atoms with Gasteiger partial charge in [0, 0.05) is 27.1 Å². The molecule has 0 heterocycles. The molecule has 4 nitrogen and oxygen atoms in total. The van der Waals surface area contributed by atoms with Crippen molar-refractivity contribution >= 4 is 5.78 Å². The Balaban J connectivity index is -0.000000135. The van der Waals surface area contributed by atoms with E-state index in [2.05, 4.69) is 0 Å². The second kappa shape index (κ2) is 8.22. The Morgan fingerprint density at radius 3 is 1.69 bits per heavy atom. The van der Waals surface area contributed by atoms with Crippen LogP contribution in [0.1, 0.15) is 6.92 Å². The van der Waals surface area contributed by atoms with E-state index < -0.39 is 17.7 Å². The first kappa shape index (κ1) is 22.9. The number of ketones is 1. The molecule has 0 atom stereocenters. The zero-order valence-corrected chi connectivity index (χ0v) is 9.07. The van der Waals surface area contributed by atoms with Crippen LogP contribution < -0.4 is 12.3 Å². The molecule has 0 bridgehead atoms. The van der Waals surface area contributed by atoms with E-state index in [1.54, 1.807) is 0 Å². The van der Waals surface area contributed by atoms with Gasteiger partial charge >= 0.3 is 6.18 Å². The van der Waals surface area contributed by atoms with Gasteiger partial charge in [0.2, 0.25) is 5.76 Å². The predicted octanol–water partition coefficient (Wildman–Crippen LogP) is 1.90. The Labute approximate surface area is 87.6 Å². The standard InChI is InChI=1S/C5H5F3O2.2H3N.Pt/c1-3(9)2-4(10)5(6,7)8;;;/h2,10H,1H3;2*1H3;/b4-2-;;;. The number of carbonyl (C=O) groups excluding carboxylic acids is 1. The molecule has 0 radical (unpaired) electrons. The van der Waals surface area contributed by atoms with Gasteiger partial charge in [-0.05, 0) is 6.92 Å². The molecule has 0 unspecified atom stereocenters. The number of aliphatic hydroxyl groups is 1. The summed E-state index contributed by atoms with van der Waals surface area (Å²) in [4.78, 5) is 9.96. The molecule has 0 amide bonds. The first-order chi connectivity index (χ1) is 4.34. The Hall–Kier alpha value is -0.392. The number of alkyl halides is 3. The van der Waals surface area contributed by atoms with Gasteiger partial charge in [-0.2, -0.15) is 13.2 Å². The van der Waals surface area contributed by atoms with Crippen LogP contribution in [0.25, 0.3) is 0 Å². The maximum atomic E-state index is 11.3. The maximum Gasteiger partial charge on any atom is 0.448 e. The van der Waals surface area contributed by atoms with Crippen LogP contribution in [-0.4, -0.2) is 17.1 Å². The molecule has 0 fully saturated rings. The summed E-state index contributed by atoms with van der Waals surface area (Å²) in [5.41, 5.74) is 0. The topological polar surface area (TPSA) is 107 Å². The van der Waals surface area contributed by atoms with Gasteiger partial charge in [-0.1, -0.05) is 0 Å². The smallest absolute Gasteiger partial charge is 0.448 e. The number of hydrogen-bond acceptors (Lipinski definition) is 4. The molecule has 0 aromatic rings. The van der Waals surface area contributed by atoms with E-state index >= 15 is 0 Å². The van der Waals surface area contributed by atoms with Gasteiger partial charge in [0.05, 0.1) is 0 Å². The van der Waals surface area contributed by atoms with E-state index in [0.717, 1.165) is 6.92 Å². The van der Waals surface area contributed by atoms with E-state index in [-0.39, 0.29) is 39.4 Å². The van der Waals surface area contributed by atoms with Gasteiger partial charge in [0.25, 0.3) is 0 Å². The van der Waals surface area contributed by atoms with Crippen molar-refractivity contribution in [2.24, 2.45) is 0 Å². The largest absolute Gasteiger partial charge is 0.504 e.